The van der Waals surface area contributed by atoms with Crippen LogP contribution in [0.1, 0.15) is 28.8 Å². The Morgan fingerprint density at radius 3 is 2.65 bits per heavy atom. The summed E-state index contributed by atoms with van der Waals surface area (Å²) in [6.07, 6.45) is 5.22. The van der Waals surface area contributed by atoms with Crippen LogP contribution in [0.25, 0.3) is 11.0 Å². The second-order valence-electron chi connectivity index (χ2n) is 8.00. The molecule has 174 valence electrons. The summed E-state index contributed by atoms with van der Waals surface area (Å²) in [6.45, 7) is 0.730. The summed E-state index contributed by atoms with van der Waals surface area (Å²) in [5, 5.41) is 3.74. The number of benzene rings is 2. The van der Waals surface area contributed by atoms with Gasteiger partial charge in [-0.3, -0.25) is 4.79 Å². The van der Waals surface area contributed by atoms with E-state index < -0.39 is 34.6 Å². The predicted molar refractivity (Wildman–Crippen MR) is 123 cm³/mol. The molecule has 5 rings (SSSR count). The van der Waals surface area contributed by atoms with Gasteiger partial charge in [-0.15, -0.1) is 0 Å². The molecule has 1 aliphatic rings. The van der Waals surface area contributed by atoms with E-state index >= 15 is 4.39 Å². The van der Waals surface area contributed by atoms with Crippen LogP contribution in [0.2, 0.25) is 0 Å². The summed E-state index contributed by atoms with van der Waals surface area (Å²) in [4.78, 5) is 20.3. The van der Waals surface area contributed by atoms with Crippen molar-refractivity contribution in [2.75, 3.05) is 16.6 Å². The number of hydrogen-bond acceptors (Lipinski definition) is 5. The topological polar surface area (TPSA) is 69.8 Å². The third-order valence-corrected chi connectivity index (χ3v) is 6.43. The highest BCUT2D eigenvalue weighted by Crippen LogP contribution is 2.34. The monoisotopic (exact) mass is 486 g/mol. The number of nitrogens with one attached hydrogen (secondary N) is 3. The summed E-state index contributed by atoms with van der Waals surface area (Å²) in [7, 11) is 0. The number of rotatable bonds is 8. The van der Waals surface area contributed by atoms with Crippen molar-refractivity contribution < 1.29 is 22.4 Å². The molecular weight excluding hydrogens is 468 g/mol. The van der Waals surface area contributed by atoms with Crippen LogP contribution in [0.4, 0.5) is 28.9 Å². The summed E-state index contributed by atoms with van der Waals surface area (Å²) in [6, 6.07) is 6.58. The molecule has 0 bridgehead atoms. The lowest BCUT2D eigenvalue weighted by Gasteiger charge is -2.12. The van der Waals surface area contributed by atoms with Gasteiger partial charge in [0.1, 0.15) is 23.1 Å². The number of aromatic amines is 1. The number of H-pyrrole nitrogens is 1. The van der Waals surface area contributed by atoms with Crippen LogP contribution in [0.3, 0.4) is 0 Å². The maximum absolute atomic E-state index is 15.3. The number of carbonyl (C=O) groups is 1. The third kappa shape index (κ3) is 4.33. The molecule has 0 spiro atoms. The van der Waals surface area contributed by atoms with E-state index in [0.717, 1.165) is 49.7 Å². The van der Waals surface area contributed by atoms with Crippen molar-refractivity contribution in [2.24, 2.45) is 5.92 Å². The van der Waals surface area contributed by atoms with Crippen molar-refractivity contribution in [2.45, 2.75) is 17.7 Å². The van der Waals surface area contributed by atoms with E-state index in [-0.39, 0.29) is 16.1 Å². The van der Waals surface area contributed by atoms with Crippen LogP contribution in [0, 0.1) is 29.2 Å². The number of anilines is 2. The molecule has 1 fully saturated rings. The zero-order chi connectivity index (χ0) is 23.8. The molecule has 2 heterocycles. The summed E-state index contributed by atoms with van der Waals surface area (Å²) in [5.41, 5.74) is 0.122. The van der Waals surface area contributed by atoms with Crippen molar-refractivity contribution in [1.82, 2.24) is 9.97 Å². The molecule has 2 aromatic heterocycles. The minimum atomic E-state index is -1.14. The predicted octanol–water partition coefficient (Wildman–Crippen LogP) is 6.29. The van der Waals surface area contributed by atoms with Gasteiger partial charge < -0.3 is 15.0 Å². The Hall–Kier alpha value is -3.53. The zero-order valence-electron chi connectivity index (χ0n) is 17.6. The molecule has 1 saturated carbocycles. The van der Waals surface area contributed by atoms with E-state index in [1.54, 1.807) is 12.3 Å². The van der Waals surface area contributed by atoms with E-state index in [2.05, 4.69) is 20.0 Å². The van der Waals surface area contributed by atoms with Crippen LogP contribution in [-0.2, 0) is 0 Å². The van der Waals surface area contributed by atoms with Crippen molar-refractivity contribution in [3.05, 3.63) is 83.2 Å². The number of fused-ring (bicyclic) bond motifs is 1. The molecule has 0 atom stereocenters. The second kappa shape index (κ2) is 9.02. The Kier molecular flexibility index (Phi) is 5.91. The van der Waals surface area contributed by atoms with E-state index in [1.165, 1.54) is 6.20 Å². The van der Waals surface area contributed by atoms with Gasteiger partial charge in [-0.1, -0.05) is 0 Å². The van der Waals surface area contributed by atoms with E-state index in [0.29, 0.717) is 34.6 Å². The van der Waals surface area contributed by atoms with Crippen LogP contribution in [0.5, 0.6) is 0 Å². The first kappa shape index (κ1) is 22.3. The molecule has 3 N–H and O–H groups in total. The Morgan fingerprint density at radius 2 is 1.85 bits per heavy atom. The highest BCUT2D eigenvalue weighted by Gasteiger charge is 2.26. The number of halogens is 4. The number of hydrogen-bond donors (Lipinski definition) is 3. The lowest BCUT2D eigenvalue weighted by atomic mass is 10.0. The largest absolute Gasteiger partial charge is 0.384 e. The molecule has 34 heavy (non-hydrogen) atoms. The van der Waals surface area contributed by atoms with Gasteiger partial charge in [0.15, 0.2) is 5.82 Å². The lowest BCUT2D eigenvalue weighted by Crippen LogP contribution is -2.10. The maximum Gasteiger partial charge on any atom is 0.201 e. The Balaban J connectivity index is 1.47. The number of nitrogens with zero attached hydrogens (tertiary/aromatic N) is 1. The SMILES string of the molecule is O=C(c1c(F)ccc(NSc2cc(F)ccc2F)c1F)c1c[nH]c2nccc(NCC3CC3)c12. The average Bonchev–Trinajstić information content (AvgIpc) is 3.55. The van der Waals surface area contributed by atoms with Gasteiger partial charge in [-0.25, -0.2) is 22.5 Å². The minimum Gasteiger partial charge on any atom is -0.384 e. The number of aromatic nitrogens is 2. The van der Waals surface area contributed by atoms with Gasteiger partial charge in [0.2, 0.25) is 5.78 Å². The molecule has 4 aromatic rings. The molecule has 1 aliphatic carbocycles. The average molecular weight is 486 g/mol. The van der Waals surface area contributed by atoms with Gasteiger partial charge >= 0.3 is 0 Å². The normalized spacial score (nSPS) is 13.3. The summed E-state index contributed by atoms with van der Waals surface area (Å²) < 4.78 is 59.8. The fourth-order valence-corrected chi connectivity index (χ4v) is 4.31. The molecule has 5 nitrogen and oxygen atoms in total. The van der Waals surface area contributed by atoms with Crippen LogP contribution in [-0.4, -0.2) is 22.3 Å². The number of carbonyl (C=O) groups excluding carboxylic acids is 1. The van der Waals surface area contributed by atoms with Crippen molar-refractivity contribution >= 4 is 40.1 Å². The first-order chi connectivity index (χ1) is 16.4. The third-order valence-electron chi connectivity index (χ3n) is 5.58. The molecule has 2 aromatic carbocycles. The maximum atomic E-state index is 15.3. The molecule has 0 unspecified atom stereocenters. The van der Waals surface area contributed by atoms with Gasteiger partial charge in [0.05, 0.1) is 27.1 Å². The van der Waals surface area contributed by atoms with Crippen molar-refractivity contribution in [1.29, 1.82) is 0 Å². The fourth-order valence-electron chi connectivity index (χ4n) is 3.60. The van der Waals surface area contributed by atoms with E-state index in [1.807, 2.05) is 0 Å². The molecule has 0 aliphatic heterocycles. The van der Waals surface area contributed by atoms with Crippen molar-refractivity contribution in [3.8, 4) is 0 Å². The Labute approximate surface area is 196 Å². The van der Waals surface area contributed by atoms with E-state index in [4.69, 9.17) is 0 Å². The molecule has 0 amide bonds. The van der Waals surface area contributed by atoms with Gasteiger partial charge in [0, 0.05) is 24.6 Å². The number of pyridine rings is 1. The first-order valence-electron chi connectivity index (χ1n) is 10.5. The van der Waals surface area contributed by atoms with Gasteiger partial charge in [-0.05, 0) is 67.1 Å². The zero-order valence-corrected chi connectivity index (χ0v) is 18.4. The highest BCUT2D eigenvalue weighted by molar-refractivity contribution is 8.00. The minimum absolute atomic E-state index is 0.0696. The molecule has 10 heteroatoms. The summed E-state index contributed by atoms with van der Waals surface area (Å²) >= 11 is 0.607. The summed E-state index contributed by atoms with van der Waals surface area (Å²) in [5.74, 6) is -3.86. The molecule has 0 saturated heterocycles. The van der Waals surface area contributed by atoms with Gasteiger partial charge in [0.25, 0.3) is 0 Å². The van der Waals surface area contributed by atoms with Gasteiger partial charge in [-0.2, -0.15) is 0 Å². The van der Waals surface area contributed by atoms with Crippen LogP contribution in [0.15, 0.2) is 53.7 Å². The molecule has 0 radical (unpaired) electrons. The smallest absolute Gasteiger partial charge is 0.201 e. The Bertz CT molecular complexity index is 1400. The number of ketones is 1. The first-order valence-corrected chi connectivity index (χ1v) is 11.3. The van der Waals surface area contributed by atoms with E-state index in [9.17, 15) is 18.0 Å². The Morgan fingerprint density at radius 1 is 1.06 bits per heavy atom. The quantitative estimate of drug-likeness (QED) is 0.155. The van der Waals surface area contributed by atoms with Crippen LogP contribution < -0.4 is 10.0 Å². The molecular formula is C24H18F4N4OS. The van der Waals surface area contributed by atoms with Crippen molar-refractivity contribution in [3.63, 3.8) is 0 Å². The lowest BCUT2D eigenvalue weighted by molar-refractivity contribution is 0.103. The fraction of sp³-hybridized carbons (Fsp3) is 0.167. The highest BCUT2D eigenvalue weighted by atomic mass is 32.2. The second-order valence-corrected chi connectivity index (χ2v) is 8.85. The standard InChI is InChI=1S/C24H18F4N4OS/c25-13-3-4-15(26)19(9-13)34-32-18-6-5-16(27)21(22(18)28)23(33)14-11-31-24-20(14)17(7-8-29-24)30-10-12-1-2-12/h3-9,11-12,32H,1-2,10H2,(H2,29,30,31). The van der Waals surface area contributed by atoms with Crippen LogP contribution >= 0.6 is 11.9 Å².